The molecule has 0 radical (unpaired) electrons. The molecule has 4 heteroatoms. The van der Waals surface area contributed by atoms with Crippen molar-refractivity contribution in [1.29, 1.82) is 0 Å². The van der Waals surface area contributed by atoms with Gasteiger partial charge in [-0.25, -0.2) is 0 Å². The Bertz CT molecular complexity index is 370. The van der Waals surface area contributed by atoms with E-state index < -0.39 is 0 Å². The number of hydrogen-bond acceptors (Lipinski definition) is 2. The summed E-state index contributed by atoms with van der Waals surface area (Å²) in [5.41, 5.74) is 0.710. The quantitative estimate of drug-likeness (QED) is 0.682. The summed E-state index contributed by atoms with van der Waals surface area (Å²) >= 11 is 0. The number of piperazine rings is 1. The van der Waals surface area contributed by atoms with Crippen LogP contribution in [0.4, 0.5) is 0 Å². The first-order valence-corrected chi connectivity index (χ1v) is 5.35. The highest BCUT2D eigenvalue weighted by Crippen LogP contribution is 2.07. The monoisotopic (exact) mass is 218 g/mol. The van der Waals surface area contributed by atoms with Crippen molar-refractivity contribution in [2.45, 2.75) is 0 Å². The van der Waals surface area contributed by atoms with E-state index in [1.807, 2.05) is 30.3 Å². The molecule has 84 valence electrons. The zero-order valence-electron chi connectivity index (χ0n) is 9.00. The Labute approximate surface area is 94.5 Å². The highest BCUT2D eigenvalue weighted by Gasteiger charge is 2.20. The zero-order valence-corrected chi connectivity index (χ0v) is 9.00. The summed E-state index contributed by atoms with van der Waals surface area (Å²) in [6, 6.07) is 9.23. The average molecular weight is 218 g/mol. The maximum Gasteiger partial charge on any atom is 0.253 e. The summed E-state index contributed by atoms with van der Waals surface area (Å²) in [5.74, 6) is 0.0474. The number of rotatable bonds is 2. The molecule has 1 aliphatic heterocycles. The molecule has 0 bridgehead atoms. The standard InChI is InChI=1S/C12H14N2O2/c15-10-13-6-8-14(9-7-13)12(16)11-4-2-1-3-5-11/h1-5,10H,6-9H2. The molecule has 0 N–H and O–H groups in total. The van der Waals surface area contributed by atoms with E-state index in [0.29, 0.717) is 31.7 Å². The third-order valence-electron chi connectivity index (χ3n) is 2.77. The molecule has 1 aromatic carbocycles. The molecule has 0 aliphatic carbocycles. The Balaban J connectivity index is 1.99. The molecule has 0 aromatic heterocycles. The van der Waals surface area contributed by atoms with Gasteiger partial charge < -0.3 is 9.80 Å². The normalized spacial score (nSPS) is 16.0. The minimum atomic E-state index is 0.0474. The summed E-state index contributed by atoms with van der Waals surface area (Å²) in [6.45, 7) is 2.49. The van der Waals surface area contributed by atoms with Crippen molar-refractivity contribution in [3.63, 3.8) is 0 Å². The third kappa shape index (κ3) is 2.21. The van der Waals surface area contributed by atoms with Gasteiger partial charge in [-0.3, -0.25) is 9.59 Å². The maximum absolute atomic E-state index is 12.0. The Hall–Kier alpha value is -1.84. The van der Waals surface area contributed by atoms with Gasteiger partial charge in [-0.15, -0.1) is 0 Å². The van der Waals surface area contributed by atoms with Crippen LogP contribution in [0.2, 0.25) is 0 Å². The lowest BCUT2D eigenvalue weighted by Gasteiger charge is -2.32. The Kier molecular flexibility index (Phi) is 3.19. The van der Waals surface area contributed by atoms with Gasteiger partial charge in [0.2, 0.25) is 6.41 Å². The molecule has 0 saturated carbocycles. The number of hydrogen-bond donors (Lipinski definition) is 0. The maximum atomic E-state index is 12.0. The SMILES string of the molecule is O=CN1CCN(C(=O)c2ccccc2)CC1. The molecule has 1 aromatic rings. The second-order valence-corrected chi connectivity index (χ2v) is 3.80. The van der Waals surface area contributed by atoms with Gasteiger partial charge in [-0.05, 0) is 12.1 Å². The Morgan fingerprint density at radius 1 is 1.06 bits per heavy atom. The van der Waals surface area contributed by atoms with Crippen LogP contribution in [0.5, 0.6) is 0 Å². The summed E-state index contributed by atoms with van der Waals surface area (Å²) in [7, 11) is 0. The second-order valence-electron chi connectivity index (χ2n) is 3.80. The van der Waals surface area contributed by atoms with Crippen molar-refractivity contribution < 1.29 is 9.59 Å². The second kappa shape index (κ2) is 4.79. The van der Waals surface area contributed by atoms with E-state index in [2.05, 4.69) is 0 Å². The fraction of sp³-hybridized carbons (Fsp3) is 0.333. The minimum absolute atomic E-state index is 0.0474. The number of nitrogens with zero attached hydrogens (tertiary/aromatic N) is 2. The molecule has 1 saturated heterocycles. The van der Waals surface area contributed by atoms with Gasteiger partial charge >= 0.3 is 0 Å². The van der Waals surface area contributed by atoms with Crippen LogP contribution in [-0.4, -0.2) is 48.3 Å². The van der Waals surface area contributed by atoms with Crippen molar-refractivity contribution in [2.75, 3.05) is 26.2 Å². The first-order valence-electron chi connectivity index (χ1n) is 5.35. The van der Waals surface area contributed by atoms with Crippen LogP contribution in [0.15, 0.2) is 30.3 Å². The number of benzene rings is 1. The van der Waals surface area contributed by atoms with Crippen molar-refractivity contribution in [3.05, 3.63) is 35.9 Å². The van der Waals surface area contributed by atoms with Crippen molar-refractivity contribution in [1.82, 2.24) is 9.80 Å². The predicted molar refractivity (Wildman–Crippen MR) is 60.0 cm³/mol. The molecule has 0 atom stereocenters. The molecule has 0 unspecified atom stereocenters. The molecule has 16 heavy (non-hydrogen) atoms. The van der Waals surface area contributed by atoms with E-state index >= 15 is 0 Å². The van der Waals surface area contributed by atoms with Crippen LogP contribution in [-0.2, 0) is 4.79 Å². The van der Waals surface area contributed by atoms with Gasteiger partial charge in [0, 0.05) is 31.7 Å². The van der Waals surface area contributed by atoms with E-state index in [9.17, 15) is 9.59 Å². The largest absolute Gasteiger partial charge is 0.342 e. The third-order valence-corrected chi connectivity index (χ3v) is 2.77. The van der Waals surface area contributed by atoms with Gasteiger partial charge in [0.1, 0.15) is 0 Å². The molecule has 4 nitrogen and oxygen atoms in total. The molecule has 1 heterocycles. The summed E-state index contributed by atoms with van der Waals surface area (Å²) in [5, 5.41) is 0. The molecular formula is C12H14N2O2. The fourth-order valence-corrected chi connectivity index (χ4v) is 1.79. The van der Waals surface area contributed by atoms with Crippen LogP contribution in [0.1, 0.15) is 10.4 Å². The smallest absolute Gasteiger partial charge is 0.253 e. The summed E-state index contributed by atoms with van der Waals surface area (Å²) < 4.78 is 0. The van der Waals surface area contributed by atoms with Crippen LogP contribution in [0, 0.1) is 0 Å². The average Bonchev–Trinajstić information content (AvgIpc) is 2.39. The first kappa shape index (κ1) is 10.7. The zero-order chi connectivity index (χ0) is 11.4. The lowest BCUT2D eigenvalue weighted by Crippen LogP contribution is -2.48. The molecule has 2 amide bonds. The molecule has 2 rings (SSSR count). The van der Waals surface area contributed by atoms with E-state index in [1.54, 1.807) is 9.80 Å². The predicted octanol–water partition coefficient (Wildman–Crippen LogP) is 0.601. The van der Waals surface area contributed by atoms with Crippen LogP contribution in [0.3, 0.4) is 0 Å². The number of amides is 2. The topological polar surface area (TPSA) is 40.6 Å². The number of carbonyl (C=O) groups excluding carboxylic acids is 2. The van der Waals surface area contributed by atoms with Gasteiger partial charge in [0.15, 0.2) is 0 Å². The van der Waals surface area contributed by atoms with Gasteiger partial charge in [-0.2, -0.15) is 0 Å². The van der Waals surface area contributed by atoms with E-state index in [1.165, 1.54) is 0 Å². The highest BCUT2D eigenvalue weighted by atomic mass is 16.2. The van der Waals surface area contributed by atoms with Crippen molar-refractivity contribution in [2.24, 2.45) is 0 Å². The summed E-state index contributed by atoms with van der Waals surface area (Å²) in [4.78, 5) is 26.0. The lowest BCUT2D eigenvalue weighted by atomic mass is 10.2. The minimum Gasteiger partial charge on any atom is -0.342 e. The van der Waals surface area contributed by atoms with Gasteiger partial charge in [-0.1, -0.05) is 18.2 Å². The molecule has 0 spiro atoms. The molecular weight excluding hydrogens is 204 g/mol. The van der Waals surface area contributed by atoms with Crippen LogP contribution < -0.4 is 0 Å². The number of carbonyl (C=O) groups is 2. The van der Waals surface area contributed by atoms with E-state index in [-0.39, 0.29) is 5.91 Å². The van der Waals surface area contributed by atoms with Crippen LogP contribution in [0.25, 0.3) is 0 Å². The fourth-order valence-electron chi connectivity index (χ4n) is 1.79. The van der Waals surface area contributed by atoms with Crippen molar-refractivity contribution >= 4 is 12.3 Å². The van der Waals surface area contributed by atoms with Gasteiger partial charge in [0.25, 0.3) is 5.91 Å². The Morgan fingerprint density at radius 3 is 2.25 bits per heavy atom. The highest BCUT2D eigenvalue weighted by molar-refractivity contribution is 5.94. The van der Waals surface area contributed by atoms with Crippen molar-refractivity contribution in [3.8, 4) is 0 Å². The first-order chi connectivity index (χ1) is 7.81. The van der Waals surface area contributed by atoms with E-state index in [0.717, 1.165) is 6.41 Å². The summed E-state index contributed by atoms with van der Waals surface area (Å²) in [6.07, 6.45) is 0.838. The van der Waals surface area contributed by atoms with E-state index in [4.69, 9.17) is 0 Å². The molecule has 1 fully saturated rings. The lowest BCUT2D eigenvalue weighted by molar-refractivity contribution is -0.119. The van der Waals surface area contributed by atoms with Gasteiger partial charge in [0.05, 0.1) is 0 Å². The van der Waals surface area contributed by atoms with Crippen LogP contribution >= 0.6 is 0 Å². The molecule has 1 aliphatic rings. The Morgan fingerprint density at radius 2 is 1.69 bits per heavy atom.